The molecule has 0 atom stereocenters. The monoisotopic (exact) mass is 317 g/mol. The fourth-order valence-corrected chi connectivity index (χ4v) is 2.54. The molecule has 19 heavy (non-hydrogen) atoms. The first kappa shape index (κ1) is 12.1. The van der Waals surface area contributed by atoms with Crippen molar-refractivity contribution in [2.75, 3.05) is 0 Å². The van der Waals surface area contributed by atoms with E-state index in [9.17, 15) is 9.18 Å². The van der Waals surface area contributed by atoms with E-state index in [2.05, 4.69) is 20.9 Å². The van der Waals surface area contributed by atoms with Crippen molar-refractivity contribution in [2.24, 2.45) is 0 Å². The Balaban J connectivity index is 2.15. The van der Waals surface area contributed by atoms with Crippen molar-refractivity contribution in [1.82, 2.24) is 4.98 Å². The van der Waals surface area contributed by atoms with Gasteiger partial charge in [-0.2, -0.15) is 0 Å². The van der Waals surface area contributed by atoms with E-state index in [4.69, 9.17) is 0 Å². The third kappa shape index (κ3) is 2.08. The number of ketones is 1. The summed E-state index contributed by atoms with van der Waals surface area (Å²) < 4.78 is 13.9. The summed E-state index contributed by atoms with van der Waals surface area (Å²) in [5.74, 6) is -0.417. The van der Waals surface area contributed by atoms with E-state index in [1.807, 2.05) is 18.2 Å². The molecule has 0 aliphatic heterocycles. The third-order valence-corrected chi connectivity index (χ3v) is 3.70. The van der Waals surface area contributed by atoms with Crippen molar-refractivity contribution < 1.29 is 9.18 Å². The van der Waals surface area contributed by atoms with Gasteiger partial charge in [-0.05, 0) is 30.3 Å². The standard InChI is InChI=1S/C15H9BrFNO/c16-13-4-2-1-3-11(13)15(19)12-8-18-14-7-9(17)5-6-10(12)14/h1-8,18H. The topological polar surface area (TPSA) is 32.9 Å². The highest BCUT2D eigenvalue weighted by atomic mass is 79.9. The molecule has 2 aromatic carbocycles. The summed E-state index contributed by atoms with van der Waals surface area (Å²) >= 11 is 3.37. The van der Waals surface area contributed by atoms with Crippen molar-refractivity contribution in [3.8, 4) is 0 Å². The van der Waals surface area contributed by atoms with Crippen LogP contribution < -0.4 is 0 Å². The summed E-state index contributed by atoms with van der Waals surface area (Å²) in [4.78, 5) is 15.4. The van der Waals surface area contributed by atoms with Crippen LogP contribution in [0, 0.1) is 5.82 Å². The minimum atomic E-state index is -0.325. The summed E-state index contributed by atoms with van der Waals surface area (Å²) in [5.41, 5.74) is 1.75. The van der Waals surface area contributed by atoms with Crippen LogP contribution in [-0.4, -0.2) is 10.8 Å². The molecule has 0 saturated heterocycles. The molecule has 4 heteroatoms. The van der Waals surface area contributed by atoms with Crippen LogP contribution in [0.25, 0.3) is 10.9 Å². The highest BCUT2D eigenvalue weighted by Crippen LogP contribution is 2.25. The predicted molar refractivity (Wildman–Crippen MR) is 75.8 cm³/mol. The highest BCUT2D eigenvalue weighted by Gasteiger charge is 2.16. The van der Waals surface area contributed by atoms with Gasteiger partial charge in [0.2, 0.25) is 0 Å². The van der Waals surface area contributed by atoms with Crippen molar-refractivity contribution in [3.63, 3.8) is 0 Å². The molecule has 1 aromatic heterocycles. The normalized spacial score (nSPS) is 10.8. The fraction of sp³-hybridized carbons (Fsp3) is 0. The average Bonchev–Trinajstić information content (AvgIpc) is 2.81. The molecule has 0 radical (unpaired) electrons. The van der Waals surface area contributed by atoms with E-state index >= 15 is 0 Å². The number of nitrogens with one attached hydrogen (secondary N) is 1. The Kier molecular flexibility index (Phi) is 2.95. The average molecular weight is 318 g/mol. The van der Waals surface area contributed by atoms with Gasteiger partial charge in [-0.25, -0.2) is 4.39 Å². The number of fused-ring (bicyclic) bond motifs is 1. The zero-order valence-corrected chi connectivity index (χ0v) is 11.4. The number of hydrogen-bond acceptors (Lipinski definition) is 1. The number of carbonyl (C=O) groups excluding carboxylic acids is 1. The van der Waals surface area contributed by atoms with Gasteiger partial charge in [0.05, 0.1) is 0 Å². The molecule has 0 unspecified atom stereocenters. The molecular formula is C15H9BrFNO. The molecule has 94 valence electrons. The van der Waals surface area contributed by atoms with Gasteiger partial charge < -0.3 is 4.98 Å². The molecule has 0 bridgehead atoms. The molecule has 0 aliphatic rings. The van der Waals surface area contributed by atoms with Crippen LogP contribution >= 0.6 is 15.9 Å². The van der Waals surface area contributed by atoms with E-state index in [0.29, 0.717) is 16.6 Å². The van der Waals surface area contributed by atoms with E-state index in [1.54, 1.807) is 18.3 Å². The van der Waals surface area contributed by atoms with Gasteiger partial charge >= 0.3 is 0 Å². The summed E-state index contributed by atoms with van der Waals surface area (Å²) in [6.45, 7) is 0. The molecule has 0 fully saturated rings. The van der Waals surface area contributed by atoms with Gasteiger partial charge in [0.25, 0.3) is 0 Å². The summed E-state index contributed by atoms with van der Waals surface area (Å²) in [5, 5.41) is 0.724. The largest absolute Gasteiger partial charge is 0.360 e. The van der Waals surface area contributed by atoms with Crippen LogP contribution in [0.5, 0.6) is 0 Å². The Bertz CT molecular complexity index is 779. The van der Waals surface area contributed by atoms with Crippen LogP contribution in [0.15, 0.2) is 53.1 Å². The zero-order chi connectivity index (χ0) is 13.4. The molecule has 0 saturated carbocycles. The second-order valence-corrected chi connectivity index (χ2v) is 5.06. The molecule has 3 rings (SSSR count). The van der Waals surface area contributed by atoms with Crippen LogP contribution in [0.2, 0.25) is 0 Å². The number of benzene rings is 2. The van der Waals surface area contributed by atoms with E-state index in [1.165, 1.54) is 12.1 Å². The van der Waals surface area contributed by atoms with Crippen molar-refractivity contribution >= 4 is 32.6 Å². The van der Waals surface area contributed by atoms with E-state index in [-0.39, 0.29) is 11.6 Å². The Labute approximate surface area is 117 Å². The molecular weight excluding hydrogens is 309 g/mol. The predicted octanol–water partition coefficient (Wildman–Crippen LogP) is 4.30. The zero-order valence-electron chi connectivity index (χ0n) is 9.78. The fourth-order valence-electron chi connectivity index (χ4n) is 2.08. The second kappa shape index (κ2) is 4.63. The second-order valence-electron chi connectivity index (χ2n) is 4.20. The number of rotatable bonds is 2. The minimum absolute atomic E-state index is 0.0923. The van der Waals surface area contributed by atoms with E-state index in [0.717, 1.165) is 9.86 Å². The van der Waals surface area contributed by atoms with Gasteiger partial charge in [0.15, 0.2) is 5.78 Å². The SMILES string of the molecule is O=C(c1ccccc1Br)c1c[nH]c2cc(F)ccc12. The number of aromatic amines is 1. The summed E-state index contributed by atoms with van der Waals surface area (Å²) in [6, 6.07) is 11.6. The van der Waals surface area contributed by atoms with Crippen LogP contribution in [0.3, 0.4) is 0 Å². The first-order valence-electron chi connectivity index (χ1n) is 5.72. The molecule has 1 N–H and O–H groups in total. The summed E-state index contributed by atoms with van der Waals surface area (Å²) in [7, 11) is 0. The maximum Gasteiger partial charge on any atom is 0.196 e. The Morgan fingerprint density at radius 2 is 1.89 bits per heavy atom. The number of halogens is 2. The van der Waals surface area contributed by atoms with Gasteiger partial charge in [0, 0.05) is 32.7 Å². The minimum Gasteiger partial charge on any atom is -0.360 e. The van der Waals surface area contributed by atoms with E-state index < -0.39 is 0 Å². The Hall–Kier alpha value is -1.94. The lowest BCUT2D eigenvalue weighted by Gasteiger charge is -2.02. The maximum atomic E-state index is 13.1. The highest BCUT2D eigenvalue weighted by molar-refractivity contribution is 9.10. The molecule has 2 nitrogen and oxygen atoms in total. The van der Waals surface area contributed by atoms with Gasteiger partial charge in [0.1, 0.15) is 5.82 Å². The van der Waals surface area contributed by atoms with Gasteiger partial charge in [-0.15, -0.1) is 0 Å². The quantitative estimate of drug-likeness (QED) is 0.702. The van der Waals surface area contributed by atoms with Gasteiger partial charge in [-0.3, -0.25) is 4.79 Å². The molecule has 1 heterocycles. The number of carbonyl (C=O) groups is 1. The van der Waals surface area contributed by atoms with Crippen molar-refractivity contribution in [2.45, 2.75) is 0 Å². The smallest absolute Gasteiger partial charge is 0.196 e. The van der Waals surface area contributed by atoms with Crippen molar-refractivity contribution in [3.05, 3.63) is 70.1 Å². The summed E-state index contributed by atoms with van der Waals surface area (Å²) in [6.07, 6.45) is 1.62. The number of aromatic nitrogens is 1. The number of hydrogen-bond donors (Lipinski definition) is 1. The molecule has 0 aliphatic carbocycles. The number of H-pyrrole nitrogens is 1. The lowest BCUT2D eigenvalue weighted by atomic mass is 10.0. The Morgan fingerprint density at radius 1 is 1.11 bits per heavy atom. The first-order valence-corrected chi connectivity index (χ1v) is 6.52. The van der Waals surface area contributed by atoms with Crippen LogP contribution in [-0.2, 0) is 0 Å². The van der Waals surface area contributed by atoms with Crippen molar-refractivity contribution in [1.29, 1.82) is 0 Å². The third-order valence-electron chi connectivity index (χ3n) is 3.01. The molecule has 3 aromatic rings. The lowest BCUT2D eigenvalue weighted by Crippen LogP contribution is -2.01. The van der Waals surface area contributed by atoms with Gasteiger partial charge in [-0.1, -0.05) is 28.1 Å². The van der Waals surface area contributed by atoms with Crippen LogP contribution in [0.1, 0.15) is 15.9 Å². The lowest BCUT2D eigenvalue weighted by molar-refractivity contribution is 0.103. The Morgan fingerprint density at radius 3 is 2.68 bits per heavy atom. The molecule has 0 amide bonds. The van der Waals surface area contributed by atoms with Crippen LogP contribution in [0.4, 0.5) is 4.39 Å². The first-order chi connectivity index (χ1) is 9.16. The molecule has 0 spiro atoms. The maximum absolute atomic E-state index is 13.1.